The lowest BCUT2D eigenvalue weighted by molar-refractivity contribution is 0.667. The molecule has 0 aromatic heterocycles. The lowest BCUT2D eigenvalue weighted by atomic mass is 10.1. The molecule has 1 aromatic carbocycles. The SMILES string of the molecule is CCCCCCc1ccccc1[NH]. The second-order valence-corrected chi connectivity index (χ2v) is 3.47. The lowest BCUT2D eigenvalue weighted by Crippen LogP contribution is -1.87. The van der Waals surface area contributed by atoms with Crippen molar-refractivity contribution in [3.63, 3.8) is 0 Å². The average Bonchev–Trinajstić information content (AvgIpc) is 2.15. The number of aryl methyl sites for hydroxylation is 1. The Morgan fingerprint density at radius 1 is 1.08 bits per heavy atom. The Morgan fingerprint density at radius 3 is 2.54 bits per heavy atom. The largest absolute Gasteiger partial charge is 0.301 e. The minimum Gasteiger partial charge on any atom is -0.301 e. The maximum Gasteiger partial charge on any atom is 0.0571 e. The van der Waals surface area contributed by atoms with E-state index in [0.29, 0.717) is 5.69 Å². The molecule has 0 saturated carbocycles. The van der Waals surface area contributed by atoms with Crippen molar-refractivity contribution in [2.24, 2.45) is 0 Å². The Kier molecular flexibility index (Phi) is 4.37. The highest BCUT2D eigenvalue weighted by Gasteiger charge is 1.97. The molecule has 0 heterocycles. The summed E-state index contributed by atoms with van der Waals surface area (Å²) in [7, 11) is 0. The van der Waals surface area contributed by atoms with Gasteiger partial charge in [0, 0.05) is 0 Å². The number of hydrogen-bond acceptors (Lipinski definition) is 0. The van der Waals surface area contributed by atoms with Crippen LogP contribution in [0.3, 0.4) is 0 Å². The van der Waals surface area contributed by atoms with Gasteiger partial charge in [0.2, 0.25) is 0 Å². The van der Waals surface area contributed by atoms with Gasteiger partial charge in [0.05, 0.1) is 5.69 Å². The first-order valence-corrected chi connectivity index (χ1v) is 5.14. The summed E-state index contributed by atoms with van der Waals surface area (Å²) in [6.07, 6.45) is 6.19. The first-order valence-electron chi connectivity index (χ1n) is 5.14. The first-order chi connectivity index (χ1) is 6.34. The van der Waals surface area contributed by atoms with Crippen LogP contribution in [0.2, 0.25) is 0 Å². The zero-order chi connectivity index (χ0) is 9.52. The summed E-state index contributed by atoms with van der Waals surface area (Å²) in [6.45, 7) is 2.22. The van der Waals surface area contributed by atoms with E-state index in [-0.39, 0.29) is 0 Å². The van der Waals surface area contributed by atoms with E-state index in [4.69, 9.17) is 5.73 Å². The van der Waals surface area contributed by atoms with Gasteiger partial charge in [0.15, 0.2) is 0 Å². The van der Waals surface area contributed by atoms with Crippen LogP contribution in [-0.4, -0.2) is 0 Å². The molecule has 0 saturated heterocycles. The van der Waals surface area contributed by atoms with E-state index >= 15 is 0 Å². The number of unbranched alkanes of at least 4 members (excludes halogenated alkanes) is 3. The number of benzene rings is 1. The first kappa shape index (κ1) is 10.1. The lowest BCUT2D eigenvalue weighted by Gasteiger charge is -2.03. The van der Waals surface area contributed by atoms with Crippen molar-refractivity contribution in [3.05, 3.63) is 29.8 Å². The van der Waals surface area contributed by atoms with Gasteiger partial charge < -0.3 is 5.73 Å². The van der Waals surface area contributed by atoms with Crippen molar-refractivity contribution in [2.75, 3.05) is 0 Å². The van der Waals surface area contributed by atoms with E-state index in [1.807, 2.05) is 18.2 Å². The molecule has 1 N–H and O–H groups in total. The second kappa shape index (κ2) is 5.63. The summed E-state index contributed by atoms with van der Waals surface area (Å²) < 4.78 is 0. The van der Waals surface area contributed by atoms with Crippen LogP contribution in [0.25, 0.3) is 0 Å². The molecular weight excluding hydrogens is 158 g/mol. The fourth-order valence-corrected chi connectivity index (χ4v) is 1.48. The maximum atomic E-state index is 7.65. The molecule has 1 radical (unpaired) electrons. The molecule has 1 rings (SSSR count). The fraction of sp³-hybridized carbons (Fsp3) is 0.500. The molecule has 71 valence electrons. The average molecular weight is 176 g/mol. The highest BCUT2D eigenvalue weighted by molar-refractivity contribution is 5.42. The zero-order valence-corrected chi connectivity index (χ0v) is 8.34. The minimum absolute atomic E-state index is 0.694. The standard InChI is InChI=1S/C12H18N/c1-2-3-4-5-8-11-9-6-7-10-12(11)13/h6-7,9-10,13H,2-5,8H2,1H3. The molecule has 1 nitrogen and oxygen atoms in total. The van der Waals surface area contributed by atoms with Gasteiger partial charge in [0.1, 0.15) is 0 Å². The Morgan fingerprint density at radius 2 is 1.85 bits per heavy atom. The van der Waals surface area contributed by atoms with E-state index < -0.39 is 0 Å². The molecule has 1 heteroatoms. The fourth-order valence-electron chi connectivity index (χ4n) is 1.48. The van der Waals surface area contributed by atoms with Gasteiger partial charge in [-0.3, -0.25) is 0 Å². The van der Waals surface area contributed by atoms with Crippen LogP contribution in [0.5, 0.6) is 0 Å². The number of hydrogen-bond donors (Lipinski definition) is 0. The summed E-state index contributed by atoms with van der Waals surface area (Å²) in [4.78, 5) is 0. The van der Waals surface area contributed by atoms with Crippen LogP contribution >= 0.6 is 0 Å². The monoisotopic (exact) mass is 176 g/mol. The van der Waals surface area contributed by atoms with Gasteiger partial charge in [-0.2, -0.15) is 0 Å². The van der Waals surface area contributed by atoms with E-state index in [9.17, 15) is 0 Å². The third-order valence-electron chi connectivity index (χ3n) is 2.32. The Bertz CT molecular complexity index is 243. The topological polar surface area (TPSA) is 23.8 Å². The van der Waals surface area contributed by atoms with E-state index in [2.05, 4.69) is 13.0 Å². The highest BCUT2D eigenvalue weighted by Crippen LogP contribution is 2.15. The molecule has 0 aliphatic carbocycles. The normalized spacial score (nSPS) is 10.2. The maximum absolute atomic E-state index is 7.65. The minimum atomic E-state index is 0.694. The van der Waals surface area contributed by atoms with Gasteiger partial charge in [-0.15, -0.1) is 0 Å². The van der Waals surface area contributed by atoms with Crippen LogP contribution in [0, 0.1) is 0 Å². The van der Waals surface area contributed by atoms with E-state index in [1.165, 1.54) is 31.2 Å². The Balaban J connectivity index is 2.32. The quantitative estimate of drug-likeness (QED) is 0.610. The van der Waals surface area contributed by atoms with Crippen LogP contribution in [0.4, 0.5) is 5.69 Å². The molecule has 0 spiro atoms. The van der Waals surface area contributed by atoms with Gasteiger partial charge in [-0.25, -0.2) is 0 Å². The van der Waals surface area contributed by atoms with Crippen molar-refractivity contribution in [3.8, 4) is 0 Å². The molecule has 1 aromatic rings. The zero-order valence-electron chi connectivity index (χ0n) is 8.34. The summed E-state index contributed by atoms with van der Waals surface area (Å²) >= 11 is 0. The Labute approximate surface area is 81.0 Å². The second-order valence-electron chi connectivity index (χ2n) is 3.47. The predicted molar refractivity (Wildman–Crippen MR) is 57.0 cm³/mol. The highest BCUT2D eigenvalue weighted by atomic mass is 14.6. The number of nitrogens with one attached hydrogen (secondary N) is 1. The third-order valence-corrected chi connectivity index (χ3v) is 2.32. The van der Waals surface area contributed by atoms with Crippen molar-refractivity contribution in [2.45, 2.75) is 39.0 Å². The molecule has 0 aliphatic rings. The van der Waals surface area contributed by atoms with Crippen molar-refractivity contribution in [1.29, 1.82) is 0 Å². The van der Waals surface area contributed by atoms with Crippen LogP contribution in [0.1, 0.15) is 38.2 Å². The van der Waals surface area contributed by atoms with Crippen LogP contribution in [-0.2, 0) is 6.42 Å². The summed E-state index contributed by atoms with van der Waals surface area (Å²) in [5.41, 5.74) is 9.54. The predicted octanol–water partition coefficient (Wildman–Crippen LogP) is 3.72. The van der Waals surface area contributed by atoms with Crippen molar-refractivity contribution >= 4 is 5.69 Å². The summed E-state index contributed by atoms with van der Waals surface area (Å²) in [5.74, 6) is 0. The van der Waals surface area contributed by atoms with Crippen LogP contribution < -0.4 is 5.73 Å². The van der Waals surface area contributed by atoms with Gasteiger partial charge in [-0.1, -0.05) is 44.4 Å². The smallest absolute Gasteiger partial charge is 0.0571 e. The molecule has 0 amide bonds. The van der Waals surface area contributed by atoms with Crippen molar-refractivity contribution < 1.29 is 0 Å². The summed E-state index contributed by atoms with van der Waals surface area (Å²) in [5, 5.41) is 0. The van der Waals surface area contributed by atoms with E-state index in [1.54, 1.807) is 0 Å². The number of rotatable bonds is 5. The van der Waals surface area contributed by atoms with E-state index in [0.717, 1.165) is 6.42 Å². The molecule has 0 bridgehead atoms. The van der Waals surface area contributed by atoms with Crippen molar-refractivity contribution in [1.82, 2.24) is 5.73 Å². The third kappa shape index (κ3) is 3.49. The molecule has 0 aliphatic heterocycles. The molecule has 0 atom stereocenters. The summed E-state index contributed by atoms with van der Waals surface area (Å²) in [6, 6.07) is 7.88. The van der Waals surface area contributed by atoms with Gasteiger partial charge >= 0.3 is 0 Å². The molecule has 13 heavy (non-hydrogen) atoms. The molecule has 0 fully saturated rings. The molecular formula is C12H18N. The Hall–Kier alpha value is -0.980. The van der Waals surface area contributed by atoms with Crippen LogP contribution in [0.15, 0.2) is 24.3 Å². The van der Waals surface area contributed by atoms with Gasteiger partial charge in [-0.05, 0) is 24.5 Å². The van der Waals surface area contributed by atoms with Gasteiger partial charge in [0.25, 0.3) is 0 Å². The molecule has 0 unspecified atom stereocenters.